The number of hydrogen-bond donors (Lipinski definition) is 0. The zero-order valence-electron chi connectivity index (χ0n) is 5.97. The monoisotopic (exact) mass is 151 g/mol. The van der Waals surface area contributed by atoms with Crippen molar-refractivity contribution in [3.8, 4) is 0 Å². The average Bonchev–Trinajstić information content (AvgIpc) is 1.85. The molecule has 0 saturated carbocycles. The second-order valence-corrected chi connectivity index (χ2v) is 2.19. The first kappa shape index (κ1) is 7.63. The van der Waals surface area contributed by atoms with Crippen molar-refractivity contribution in [2.24, 2.45) is 4.99 Å². The van der Waals surface area contributed by atoms with E-state index in [1.54, 1.807) is 13.0 Å². The van der Waals surface area contributed by atoms with Crippen LogP contribution in [0.2, 0.25) is 0 Å². The third-order valence-corrected chi connectivity index (χ3v) is 1.20. The molecule has 1 aromatic carbocycles. The van der Waals surface area contributed by atoms with Crippen molar-refractivity contribution in [2.75, 3.05) is 0 Å². The van der Waals surface area contributed by atoms with Gasteiger partial charge in [0.2, 0.25) is 6.08 Å². The van der Waals surface area contributed by atoms with Crippen LogP contribution in [0.4, 0.5) is 10.1 Å². The molecule has 0 aliphatic heterocycles. The van der Waals surface area contributed by atoms with Crippen LogP contribution in [-0.4, -0.2) is 6.08 Å². The van der Waals surface area contributed by atoms with Crippen molar-refractivity contribution in [1.29, 1.82) is 0 Å². The smallest absolute Gasteiger partial charge is 0.211 e. The summed E-state index contributed by atoms with van der Waals surface area (Å²) in [5.74, 6) is -0.390. The van der Waals surface area contributed by atoms with Gasteiger partial charge in [0.1, 0.15) is 5.82 Å². The summed E-state index contributed by atoms with van der Waals surface area (Å²) in [6, 6.07) is 4.15. The van der Waals surface area contributed by atoms with Crippen LogP contribution in [0, 0.1) is 12.7 Å². The molecule has 0 aliphatic rings. The molecule has 0 saturated heterocycles. The molecule has 0 amide bonds. The highest BCUT2D eigenvalue weighted by Gasteiger charge is 1.94. The third-order valence-electron chi connectivity index (χ3n) is 1.20. The van der Waals surface area contributed by atoms with Gasteiger partial charge in [0, 0.05) is 6.07 Å². The highest BCUT2D eigenvalue weighted by Crippen LogP contribution is 2.15. The summed E-state index contributed by atoms with van der Waals surface area (Å²) in [5.41, 5.74) is 1.04. The van der Waals surface area contributed by atoms with Crippen molar-refractivity contribution in [3.63, 3.8) is 0 Å². The first-order valence-electron chi connectivity index (χ1n) is 3.07. The van der Waals surface area contributed by atoms with E-state index in [1.807, 2.05) is 0 Å². The Kier molecular flexibility index (Phi) is 2.14. The van der Waals surface area contributed by atoms with Gasteiger partial charge in [-0.3, -0.25) is 0 Å². The van der Waals surface area contributed by atoms with E-state index in [-0.39, 0.29) is 5.82 Å². The maximum atomic E-state index is 12.6. The van der Waals surface area contributed by atoms with Crippen LogP contribution in [0.1, 0.15) is 5.56 Å². The number of carbonyl (C=O) groups excluding carboxylic acids is 1. The van der Waals surface area contributed by atoms with Gasteiger partial charge in [0.25, 0.3) is 0 Å². The van der Waals surface area contributed by atoms with Crippen LogP contribution in [-0.2, 0) is 4.79 Å². The van der Waals surface area contributed by atoms with E-state index in [0.29, 0.717) is 5.69 Å². The molecular weight excluding hydrogens is 145 g/mol. The van der Waals surface area contributed by atoms with Crippen LogP contribution in [0.3, 0.4) is 0 Å². The number of aryl methyl sites for hydroxylation is 1. The molecule has 0 radical (unpaired) electrons. The minimum atomic E-state index is -0.390. The Labute approximate surface area is 63.4 Å². The van der Waals surface area contributed by atoms with Gasteiger partial charge in [-0.15, -0.1) is 0 Å². The van der Waals surface area contributed by atoms with E-state index in [4.69, 9.17) is 0 Å². The molecule has 0 bridgehead atoms. The number of benzene rings is 1. The fraction of sp³-hybridized carbons (Fsp3) is 0.125. The summed E-state index contributed by atoms with van der Waals surface area (Å²) in [6.45, 7) is 1.73. The van der Waals surface area contributed by atoms with Crippen LogP contribution in [0.5, 0.6) is 0 Å². The third kappa shape index (κ3) is 1.99. The zero-order valence-corrected chi connectivity index (χ0v) is 5.97. The Hall–Kier alpha value is -1.47. The van der Waals surface area contributed by atoms with E-state index < -0.39 is 0 Å². The van der Waals surface area contributed by atoms with Crippen molar-refractivity contribution >= 4 is 11.8 Å². The molecule has 2 nitrogen and oxygen atoms in total. The van der Waals surface area contributed by atoms with E-state index in [1.165, 1.54) is 18.2 Å². The van der Waals surface area contributed by atoms with Gasteiger partial charge < -0.3 is 0 Å². The van der Waals surface area contributed by atoms with Crippen molar-refractivity contribution in [2.45, 2.75) is 6.92 Å². The van der Waals surface area contributed by atoms with Gasteiger partial charge in [-0.05, 0) is 24.6 Å². The second kappa shape index (κ2) is 3.08. The molecule has 0 fully saturated rings. The Morgan fingerprint density at radius 1 is 1.45 bits per heavy atom. The molecular formula is C8H6FNO. The molecule has 0 aromatic heterocycles. The largest absolute Gasteiger partial charge is 0.240 e. The number of aliphatic imine (C=N–C) groups is 1. The van der Waals surface area contributed by atoms with Gasteiger partial charge in [-0.2, -0.15) is 4.99 Å². The Morgan fingerprint density at radius 2 is 2.18 bits per heavy atom. The number of nitrogens with zero attached hydrogens (tertiary/aromatic N) is 1. The normalized spacial score (nSPS) is 8.91. The van der Waals surface area contributed by atoms with E-state index in [0.717, 1.165) is 5.56 Å². The maximum absolute atomic E-state index is 12.6. The number of hydrogen-bond acceptors (Lipinski definition) is 2. The molecule has 1 aromatic rings. The number of rotatable bonds is 1. The molecule has 3 heteroatoms. The minimum absolute atomic E-state index is 0.303. The topological polar surface area (TPSA) is 29.4 Å². The average molecular weight is 151 g/mol. The van der Waals surface area contributed by atoms with Gasteiger partial charge >= 0.3 is 0 Å². The maximum Gasteiger partial charge on any atom is 0.240 e. The molecule has 0 unspecified atom stereocenters. The first-order valence-corrected chi connectivity index (χ1v) is 3.07. The molecule has 1 rings (SSSR count). The SMILES string of the molecule is Cc1cc(F)cc(N=C=O)c1. The van der Waals surface area contributed by atoms with Crippen LogP contribution >= 0.6 is 0 Å². The van der Waals surface area contributed by atoms with Crippen LogP contribution < -0.4 is 0 Å². The molecule has 0 atom stereocenters. The lowest BCUT2D eigenvalue weighted by molar-refractivity contribution is 0.565. The van der Waals surface area contributed by atoms with Crippen molar-refractivity contribution in [1.82, 2.24) is 0 Å². The van der Waals surface area contributed by atoms with Crippen LogP contribution in [0.25, 0.3) is 0 Å². The quantitative estimate of drug-likeness (QED) is 0.446. The summed E-state index contributed by atoms with van der Waals surface area (Å²) >= 11 is 0. The standard InChI is InChI=1S/C8H6FNO/c1-6-2-7(9)4-8(3-6)10-5-11/h2-4H,1H3. The highest BCUT2D eigenvalue weighted by molar-refractivity contribution is 5.49. The Bertz CT molecular complexity index is 296. The summed E-state index contributed by atoms with van der Waals surface area (Å²) in [6.07, 6.45) is 1.35. The lowest BCUT2D eigenvalue weighted by atomic mass is 10.2. The highest BCUT2D eigenvalue weighted by atomic mass is 19.1. The van der Waals surface area contributed by atoms with Gasteiger partial charge in [0.05, 0.1) is 5.69 Å². The molecule has 0 spiro atoms. The summed E-state index contributed by atoms with van der Waals surface area (Å²) < 4.78 is 12.6. The van der Waals surface area contributed by atoms with Gasteiger partial charge in [0.15, 0.2) is 0 Å². The van der Waals surface area contributed by atoms with Gasteiger partial charge in [-0.1, -0.05) is 0 Å². The predicted octanol–water partition coefficient (Wildman–Crippen LogP) is 2.10. The second-order valence-electron chi connectivity index (χ2n) is 2.19. The Morgan fingerprint density at radius 3 is 2.73 bits per heavy atom. The van der Waals surface area contributed by atoms with E-state index >= 15 is 0 Å². The lowest BCUT2D eigenvalue weighted by Gasteiger charge is -1.93. The fourth-order valence-electron chi connectivity index (χ4n) is 0.834. The predicted molar refractivity (Wildman–Crippen MR) is 38.9 cm³/mol. The molecule has 0 aliphatic carbocycles. The zero-order chi connectivity index (χ0) is 8.27. The Balaban J connectivity index is 3.18. The first-order chi connectivity index (χ1) is 5.22. The van der Waals surface area contributed by atoms with E-state index in [9.17, 15) is 9.18 Å². The van der Waals surface area contributed by atoms with Crippen molar-refractivity contribution in [3.05, 3.63) is 29.6 Å². The number of halogens is 1. The molecule has 0 heterocycles. The lowest BCUT2D eigenvalue weighted by Crippen LogP contribution is -1.76. The van der Waals surface area contributed by atoms with Gasteiger partial charge in [-0.25, -0.2) is 9.18 Å². The minimum Gasteiger partial charge on any atom is -0.211 e. The summed E-state index contributed by atoms with van der Waals surface area (Å²) in [5, 5.41) is 0. The van der Waals surface area contributed by atoms with E-state index in [2.05, 4.69) is 4.99 Å². The molecule has 11 heavy (non-hydrogen) atoms. The van der Waals surface area contributed by atoms with Crippen LogP contribution in [0.15, 0.2) is 23.2 Å². The fourth-order valence-corrected chi connectivity index (χ4v) is 0.834. The molecule has 0 N–H and O–H groups in total. The number of isocyanates is 1. The summed E-state index contributed by atoms with van der Waals surface area (Å²) in [4.78, 5) is 13.1. The van der Waals surface area contributed by atoms with Crippen molar-refractivity contribution < 1.29 is 9.18 Å². The summed E-state index contributed by atoms with van der Waals surface area (Å²) in [7, 11) is 0. The molecule has 56 valence electrons.